The smallest absolute Gasteiger partial charge is 0.339 e. The molecule has 0 saturated carbocycles. The van der Waals surface area contributed by atoms with Crippen molar-refractivity contribution in [1.29, 1.82) is 0 Å². The number of rotatable bonds is 3. The van der Waals surface area contributed by atoms with Crippen molar-refractivity contribution >= 4 is 23.3 Å². The van der Waals surface area contributed by atoms with Crippen molar-refractivity contribution in [2.45, 2.75) is 52.2 Å². The molecule has 5 heteroatoms. The summed E-state index contributed by atoms with van der Waals surface area (Å²) < 4.78 is 10.9. The summed E-state index contributed by atoms with van der Waals surface area (Å²) >= 11 is 6.61. The molecule has 1 N–H and O–H groups in total. The van der Waals surface area contributed by atoms with E-state index in [0.29, 0.717) is 10.6 Å². The summed E-state index contributed by atoms with van der Waals surface area (Å²) in [6.07, 6.45) is 1.25. The Hall–Kier alpha value is -1.26. The molecule has 0 saturated heterocycles. The van der Waals surface area contributed by atoms with Gasteiger partial charge in [0.25, 0.3) is 0 Å². The second-order valence-corrected chi connectivity index (χ2v) is 7.00. The number of nitrogens with one attached hydrogen (secondary N) is 1. The third-order valence-electron chi connectivity index (χ3n) is 3.67. The molecule has 0 radical (unpaired) electrons. The normalized spacial score (nSPS) is 15.7. The Morgan fingerprint density at radius 1 is 1.41 bits per heavy atom. The van der Waals surface area contributed by atoms with Gasteiger partial charge in [-0.05, 0) is 51.7 Å². The first-order valence-electron chi connectivity index (χ1n) is 7.56. The van der Waals surface area contributed by atoms with Crippen LogP contribution in [0.2, 0.25) is 5.02 Å². The van der Waals surface area contributed by atoms with Gasteiger partial charge in [0.05, 0.1) is 23.4 Å². The number of methoxy groups -OCH3 is 1. The van der Waals surface area contributed by atoms with Crippen LogP contribution in [0.25, 0.3) is 0 Å². The molecule has 0 amide bonds. The third-order valence-corrected chi connectivity index (χ3v) is 4.06. The number of fused-ring (bicyclic) bond motifs is 1. The van der Waals surface area contributed by atoms with Crippen molar-refractivity contribution in [1.82, 2.24) is 0 Å². The Balaban J connectivity index is 2.53. The lowest BCUT2D eigenvalue weighted by Crippen LogP contribution is -2.29. The van der Waals surface area contributed by atoms with E-state index in [-0.39, 0.29) is 0 Å². The lowest BCUT2D eigenvalue weighted by molar-refractivity contribution is -0.164. The SMILES string of the molecule is COC(=O)C(OC(C)(C)C)c1c(C)cc2c(c1Cl)NCCC2. The first kappa shape index (κ1) is 17.1. The molecule has 0 bridgehead atoms. The molecule has 22 heavy (non-hydrogen) atoms. The monoisotopic (exact) mass is 325 g/mol. The number of carbonyl (C=O) groups excluding carboxylic acids is 1. The Morgan fingerprint density at radius 2 is 2.09 bits per heavy atom. The number of benzene rings is 1. The maximum Gasteiger partial charge on any atom is 0.339 e. The maximum atomic E-state index is 12.2. The highest BCUT2D eigenvalue weighted by atomic mass is 35.5. The fourth-order valence-electron chi connectivity index (χ4n) is 2.75. The number of carbonyl (C=O) groups is 1. The largest absolute Gasteiger partial charge is 0.467 e. The second kappa shape index (κ2) is 6.47. The molecule has 0 aliphatic carbocycles. The summed E-state index contributed by atoms with van der Waals surface area (Å²) in [7, 11) is 1.36. The van der Waals surface area contributed by atoms with Gasteiger partial charge in [-0.3, -0.25) is 0 Å². The predicted octanol–water partition coefficient (Wildman–Crippen LogP) is 4.04. The van der Waals surface area contributed by atoms with Crippen molar-refractivity contribution in [3.63, 3.8) is 0 Å². The Bertz CT molecular complexity index is 578. The average molecular weight is 326 g/mol. The van der Waals surface area contributed by atoms with Crippen molar-refractivity contribution in [2.75, 3.05) is 19.0 Å². The minimum Gasteiger partial charge on any atom is -0.467 e. The quantitative estimate of drug-likeness (QED) is 0.852. The van der Waals surface area contributed by atoms with Crippen LogP contribution in [0.3, 0.4) is 0 Å². The molecule has 2 rings (SSSR count). The highest BCUT2D eigenvalue weighted by molar-refractivity contribution is 6.34. The zero-order valence-corrected chi connectivity index (χ0v) is 14.6. The van der Waals surface area contributed by atoms with Gasteiger partial charge in [-0.1, -0.05) is 17.7 Å². The van der Waals surface area contributed by atoms with Crippen LogP contribution in [0.5, 0.6) is 0 Å². The molecule has 1 aromatic rings. The molecule has 0 spiro atoms. The molecule has 122 valence electrons. The Kier molecular flexibility index (Phi) is 5.03. The van der Waals surface area contributed by atoms with E-state index in [4.69, 9.17) is 21.1 Å². The van der Waals surface area contributed by atoms with Crippen LogP contribution >= 0.6 is 11.6 Å². The number of hydrogen-bond donors (Lipinski definition) is 1. The summed E-state index contributed by atoms with van der Waals surface area (Å²) in [5.74, 6) is -0.435. The van der Waals surface area contributed by atoms with E-state index in [9.17, 15) is 4.79 Å². The third kappa shape index (κ3) is 3.55. The van der Waals surface area contributed by atoms with Gasteiger partial charge in [0, 0.05) is 12.1 Å². The first-order chi connectivity index (χ1) is 10.2. The molecular formula is C17H24ClNO3. The van der Waals surface area contributed by atoms with Gasteiger partial charge in [0.15, 0.2) is 6.10 Å². The standard InChI is InChI=1S/C17H24ClNO3/c1-10-9-11-7-6-8-19-14(11)13(18)12(10)15(16(20)21-5)22-17(2,3)4/h9,15,19H,6-8H2,1-5H3. The maximum absolute atomic E-state index is 12.2. The summed E-state index contributed by atoms with van der Waals surface area (Å²) in [4.78, 5) is 12.2. The van der Waals surface area contributed by atoms with E-state index in [1.165, 1.54) is 12.7 Å². The fraction of sp³-hybridized carbons (Fsp3) is 0.588. The van der Waals surface area contributed by atoms with Gasteiger partial charge in [-0.2, -0.15) is 0 Å². The highest BCUT2D eigenvalue weighted by Gasteiger charge is 2.32. The Labute approximate surface area is 137 Å². The lowest BCUT2D eigenvalue weighted by atomic mass is 9.94. The number of esters is 1. The molecule has 0 aromatic heterocycles. The van der Waals surface area contributed by atoms with Gasteiger partial charge < -0.3 is 14.8 Å². The van der Waals surface area contributed by atoms with Crippen LogP contribution in [0, 0.1) is 6.92 Å². The van der Waals surface area contributed by atoms with Crippen LogP contribution < -0.4 is 5.32 Å². The van der Waals surface area contributed by atoms with Crippen molar-refractivity contribution < 1.29 is 14.3 Å². The molecule has 0 fully saturated rings. The highest BCUT2D eigenvalue weighted by Crippen LogP contribution is 2.40. The number of aryl methyl sites for hydroxylation is 2. The van der Waals surface area contributed by atoms with Gasteiger partial charge in [-0.15, -0.1) is 0 Å². The first-order valence-corrected chi connectivity index (χ1v) is 7.94. The van der Waals surface area contributed by atoms with Crippen LogP contribution in [0.1, 0.15) is 50.0 Å². The van der Waals surface area contributed by atoms with E-state index in [0.717, 1.165) is 30.6 Å². The zero-order valence-electron chi connectivity index (χ0n) is 13.9. The lowest BCUT2D eigenvalue weighted by Gasteiger charge is -2.30. The van der Waals surface area contributed by atoms with Gasteiger partial charge >= 0.3 is 5.97 Å². The average Bonchev–Trinajstić information content (AvgIpc) is 2.44. The summed E-state index contributed by atoms with van der Waals surface area (Å²) in [5.41, 5.74) is 3.26. The number of halogens is 1. The van der Waals surface area contributed by atoms with E-state index in [1.54, 1.807) is 0 Å². The van der Waals surface area contributed by atoms with E-state index in [1.807, 2.05) is 27.7 Å². The fourth-order valence-corrected chi connectivity index (χ4v) is 3.18. The van der Waals surface area contributed by atoms with Crippen molar-refractivity contribution in [2.24, 2.45) is 0 Å². The molecule has 1 unspecified atom stereocenters. The van der Waals surface area contributed by atoms with Crippen molar-refractivity contribution in [3.8, 4) is 0 Å². The summed E-state index contributed by atoms with van der Waals surface area (Å²) in [6, 6.07) is 2.09. The number of anilines is 1. The number of hydrogen-bond acceptors (Lipinski definition) is 4. The summed E-state index contributed by atoms with van der Waals surface area (Å²) in [6.45, 7) is 8.56. The van der Waals surface area contributed by atoms with E-state index < -0.39 is 17.7 Å². The predicted molar refractivity (Wildman–Crippen MR) is 88.6 cm³/mol. The van der Waals surface area contributed by atoms with Gasteiger partial charge in [-0.25, -0.2) is 4.79 Å². The zero-order chi connectivity index (χ0) is 16.5. The van der Waals surface area contributed by atoms with Crippen LogP contribution in [-0.4, -0.2) is 25.2 Å². The van der Waals surface area contributed by atoms with E-state index >= 15 is 0 Å². The number of ether oxygens (including phenoxy) is 2. The Morgan fingerprint density at radius 3 is 2.68 bits per heavy atom. The minimum atomic E-state index is -0.827. The molecule has 1 aliphatic heterocycles. The van der Waals surface area contributed by atoms with Crippen LogP contribution in [0.15, 0.2) is 6.07 Å². The molecule has 1 aromatic carbocycles. The molecule has 1 heterocycles. The van der Waals surface area contributed by atoms with Gasteiger partial charge in [0.2, 0.25) is 0 Å². The van der Waals surface area contributed by atoms with Crippen molar-refractivity contribution in [3.05, 3.63) is 27.8 Å². The minimum absolute atomic E-state index is 0.435. The molecular weight excluding hydrogens is 302 g/mol. The molecule has 1 atom stereocenters. The molecule has 1 aliphatic rings. The van der Waals surface area contributed by atoms with Crippen LogP contribution in [-0.2, 0) is 20.7 Å². The van der Waals surface area contributed by atoms with Gasteiger partial charge in [0.1, 0.15) is 0 Å². The summed E-state index contributed by atoms with van der Waals surface area (Å²) in [5, 5.41) is 3.90. The topological polar surface area (TPSA) is 47.6 Å². The molecule has 4 nitrogen and oxygen atoms in total. The van der Waals surface area contributed by atoms with Crippen LogP contribution in [0.4, 0.5) is 5.69 Å². The van der Waals surface area contributed by atoms with E-state index in [2.05, 4.69) is 11.4 Å². The second-order valence-electron chi connectivity index (χ2n) is 6.62.